The third-order valence-corrected chi connectivity index (χ3v) is 3.78. The Kier molecular flexibility index (Phi) is 2.56. The zero-order valence-corrected chi connectivity index (χ0v) is 10.7. The van der Waals surface area contributed by atoms with Crippen molar-refractivity contribution in [3.05, 3.63) is 36.1 Å². The molecule has 0 amide bonds. The van der Waals surface area contributed by atoms with Crippen LogP contribution in [0.15, 0.2) is 30.3 Å². The quantitative estimate of drug-likeness (QED) is 0.767. The molecule has 0 atom stereocenters. The molecule has 5 heteroatoms. The first-order valence-electron chi connectivity index (χ1n) is 5.70. The topological polar surface area (TPSA) is 43.8 Å². The summed E-state index contributed by atoms with van der Waals surface area (Å²) in [6.07, 6.45) is 0. The molecule has 2 N–H and O–H groups in total. The van der Waals surface area contributed by atoms with Crippen LogP contribution in [-0.4, -0.2) is 9.55 Å². The zero-order chi connectivity index (χ0) is 12.7. The van der Waals surface area contributed by atoms with Crippen molar-refractivity contribution in [1.82, 2.24) is 9.55 Å². The summed E-state index contributed by atoms with van der Waals surface area (Å²) < 4.78 is 15.3. The van der Waals surface area contributed by atoms with E-state index < -0.39 is 0 Å². The van der Waals surface area contributed by atoms with E-state index in [0.29, 0.717) is 0 Å². The van der Waals surface area contributed by atoms with E-state index >= 15 is 0 Å². The molecule has 0 aliphatic carbocycles. The fourth-order valence-corrected chi connectivity index (χ4v) is 2.85. The monoisotopic (exact) mass is 261 g/mol. The van der Waals surface area contributed by atoms with Crippen LogP contribution in [0.2, 0.25) is 0 Å². The van der Waals surface area contributed by atoms with Crippen molar-refractivity contribution >= 4 is 27.4 Å². The van der Waals surface area contributed by atoms with Crippen LogP contribution in [0, 0.1) is 5.82 Å². The Hall–Kier alpha value is -1.88. The number of imidazole rings is 1. The van der Waals surface area contributed by atoms with E-state index in [9.17, 15) is 4.39 Å². The van der Waals surface area contributed by atoms with Gasteiger partial charge in [-0.25, -0.2) is 9.37 Å². The lowest BCUT2D eigenvalue weighted by molar-refractivity contribution is 0.628. The van der Waals surface area contributed by atoms with Gasteiger partial charge in [0, 0.05) is 6.54 Å². The molecule has 1 aromatic carbocycles. The number of hydrogen-bond donors (Lipinski definition) is 1. The minimum Gasteiger partial charge on any atom is -0.391 e. The van der Waals surface area contributed by atoms with Gasteiger partial charge in [-0.2, -0.15) is 0 Å². The van der Waals surface area contributed by atoms with Crippen molar-refractivity contribution in [2.75, 3.05) is 5.73 Å². The molecule has 0 fully saturated rings. The Bertz CT molecular complexity index is 714. The number of fused-ring (bicyclic) bond motifs is 1. The number of hydrogen-bond acceptors (Lipinski definition) is 3. The molecule has 3 rings (SSSR count). The maximum absolute atomic E-state index is 13.3. The Morgan fingerprint density at radius 2 is 2.17 bits per heavy atom. The number of aryl methyl sites for hydroxylation is 1. The summed E-state index contributed by atoms with van der Waals surface area (Å²) in [7, 11) is 0. The first-order valence-corrected chi connectivity index (χ1v) is 6.52. The van der Waals surface area contributed by atoms with Crippen LogP contribution in [0.5, 0.6) is 0 Å². The summed E-state index contributed by atoms with van der Waals surface area (Å²) in [4.78, 5) is 5.56. The van der Waals surface area contributed by atoms with Crippen molar-refractivity contribution in [1.29, 1.82) is 0 Å². The second kappa shape index (κ2) is 4.10. The van der Waals surface area contributed by atoms with Crippen LogP contribution >= 0.6 is 11.3 Å². The van der Waals surface area contributed by atoms with E-state index in [1.165, 1.54) is 23.5 Å². The molecular weight excluding hydrogens is 249 g/mol. The van der Waals surface area contributed by atoms with Crippen LogP contribution in [0.4, 0.5) is 9.39 Å². The van der Waals surface area contributed by atoms with E-state index in [1.54, 1.807) is 6.07 Å². The molecule has 0 aliphatic heterocycles. The number of rotatable bonds is 2. The molecule has 0 bridgehead atoms. The van der Waals surface area contributed by atoms with Crippen LogP contribution in [-0.2, 0) is 6.54 Å². The van der Waals surface area contributed by atoms with Gasteiger partial charge in [0.1, 0.15) is 5.82 Å². The van der Waals surface area contributed by atoms with Crippen LogP contribution in [0.3, 0.4) is 0 Å². The average molecular weight is 261 g/mol. The van der Waals surface area contributed by atoms with Gasteiger partial charge in [0.05, 0.1) is 20.9 Å². The maximum atomic E-state index is 13.3. The van der Waals surface area contributed by atoms with Crippen molar-refractivity contribution in [2.24, 2.45) is 0 Å². The molecule has 3 nitrogen and oxygen atoms in total. The largest absolute Gasteiger partial charge is 0.391 e. The molecule has 2 aromatic heterocycles. The molecule has 0 spiro atoms. The maximum Gasteiger partial charge on any atom is 0.151 e. The molecule has 0 unspecified atom stereocenters. The highest BCUT2D eigenvalue weighted by Gasteiger charge is 2.13. The van der Waals surface area contributed by atoms with Gasteiger partial charge in [0.15, 0.2) is 5.82 Å². The fraction of sp³-hybridized carbons (Fsp3) is 0.154. The predicted octanol–water partition coefficient (Wildman–Crippen LogP) is 3.51. The van der Waals surface area contributed by atoms with Crippen LogP contribution in [0.25, 0.3) is 21.7 Å². The minimum absolute atomic E-state index is 0.241. The third kappa shape index (κ3) is 1.67. The standard InChI is InChI=1S/C13H12FN3S/c1-2-17-10-7-8(14)3-4-9(10)16-13(17)11-5-6-12(15)18-11/h3-7H,2,15H2,1H3. The number of benzene rings is 1. The first-order chi connectivity index (χ1) is 8.69. The van der Waals surface area contributed by atoms with Crippen molar-refractivity contribution in [3.8, 4) is 10.7 Å². The average Bonchev–Trinajstić information content (AvgIpc) is 2.91. The molecule has 92 valence electrons. The highest BCUT2D eigenvalue weighted by atomic mass is 32.1. The van der Waals surface area contributed by atoms with E-state index in [1.807, 2.05) is 23.6 Å². The molecule has 3 aromatic rings. The van der Waals surface area contributed by atoms with Gasteiger partial charge in [0.25, 0.3) is 0 Å². The SMILES string of the molecule is CCn1c(-c2ccc(N)s2)nc2ccc(F)cc21. The van der Waals surface area contributed by atoms with Gasteiger partial charge in [-0.3, -0.25) is 0 Å². The number of thiophene rings is 1. The highest BCUT2D eigenvalue weighted by molar-refractivity contribution is 7.19. The molecular formula is C13H12FN3S. The normalized spacial score (nSPS) is 11.2. The summed E-state index contributed by atoms with van der Waals surface area (Å²) in [5, 5.41) is 0.755. The summed E-state index contributed by atoms with van der Waals surface area (Å²) >= 11 is 1.49. The molecule has 0 radical (unpaired) electrons. The van der Waals surface area contributed by atoms with Crippen molar-refractivity contribution < 1.29 is 4.39 Å². The number of nitrogens with zero attached hydrogens (tertiary/aromatic N) is 2. The Labute approximate surface area is 108 Å². The smallest absolute Gasteiger partial charge is 0.151 e. The van der Waals surface area contributed by atoms with Crippen LogP contribution in [0.1, 0.15) is 6.92 Å². The minimum atomic E-state index is -0.241. The van der Waals surface area contributed by atoms with Gasteiger partial charge in [-0.1, -0.05) is 0 Å². The molecule has 18 heavy (non-hydrogen) atoms. The Morgan fingerprint density at radius 1 is 1.33 bits per heavy atom. The molecule has 0 aliphatic rings. The lowest BCUT2D eigenvalue weighted by Crippen LogP contribution is -1.96. The lowest BCUT2D eigenvalue weighted by Gasteiger charge is -2.03. The van der Waals surface area contributed by atoms with Crippen molar-refractivity contribution in [2.45, 2.75) is 13.5 Å². The highest BCUT2D eigenvalue weighted by Crippen LogP contribution is 2.31. The predicted molar refractivity (Wildman–Crippen MR) is 73.1 cm³/mol. The lowest BCUT2D eigenvalue weighted by atomic mass is 10.3. The van der Waals surface area contributed by atoms with Gasteiger partial charge >= 0.3 is 0 Å². The summed E-state index contributed by atoms with van der Waals surface area (Å²) in [5.41, 5.74) is 7.37. The molecule has 0 saturated heterocycles. The van der Waals surface area contributed by atoms with Gasteiger partial charge in [-0.15, -0.1) is 11.3 Å². The summed E-state index contributed by atoms with van der Waals surface area (Å²) in [6, 6.07) is 8.47. The number of nitrogen functional groups attached to an aromatic ring is 1. The Morgan fingerprint density at radius 3 is 2.83 bits per heavy atom. The third-order valence-electron chi connectivity index (χ3n) is 2.87. The van der Waals surface area contributed by atoms with Crippen molar-refractivity contribution in [3.63, 3.8) is 0 Å². The van der Waals surface area contributed by atoms with Crippen LogP contribution < -0.4 is 5.73 Å². The first kappa shape index (κ1) is 11.2. The van der Waals surface area contributed by atoms with E-state index in [2.05, 4.69) is 4.98 Å². The number of aromatic nitrogens is 2. The van der Waals surface area contributed by atoms with E-state index in [-0.39, 0.29) is 5.82 Å². The second-order valence-corrected chi connectivity index (χ2v) is 5.13. The van der Waals surface area contributed by atoms with Gasteiger partial charge in [-0.05, 0) is 37.3 Å². The zero-order valence-electron chi connectivity index (χ0n) is 9.85. The number of halogens is 1. The van der Waals surface area contributed by atoms with E-state index in [4.69, 9.17) is 5.73 Å². The summed E-state index contributed by atoms with van der Waals surface area (Å²) in [5.74, 6) is 0.606. The Balaban J connectivity index is 2.29. The number of nitrogens with two attached hydrogens (primary N) is 1. The molecule has 2 heterocycles. The van der Waals surface area contributed by atoms with Gasteiger partial charge in [0.2, 0.25) is 0 Å². The second-order valence-electron chi connectivity index (χ2n) is 4.01. The van der Waals surface area contributed by atoms with Gasteiger partial charge < -0.3 is 10.3 Å². The number of anilines is 1. The molecule has 0 saturated carbocycles. The summed E-state index contributed by atoms with van der Waals surface area (Å²) in [6.45, 7) is 2.76. The fourth-order valence-electron chi connectivity index (χ4n) is 2.08. The van der Waals surface area contributed by atoms with E-state index in [0.717, 1.165) is 33.3 Å².